The summed E-state index contributed by atoms with van der Waals surface area (Å²) in [7, 11) is 1.38. The van der Waals surface area contributed by atoms with Crippen LogP contribution in [0.2, 0.25) is 0 Å². The van der Waals surface area contributed by atoms with Crippen molar-refractivity contribution < 1.29 is 23.3 Å². The number of amides is 1. The summed E-state index contributed by atoms with van der Waals surface area (Å²) in [6.07, 6.45) is 4.90. The molecule has 0 aliphatic carbocycles. The van der Waals surface area contributed by atoms with E-state index in [-0.39, 0.29) is 17.9 Å². The highest BCUT2D eigenvalue weighted by atomic mass is 16.5. The maximum absolute atomic E-state index is 13.5. The Balaban J connectivity index is 1.41. The third-order valence-electron chi connectivity index (χ3n) is 5.94. The van der Waals surface area contributed by atoms with Crippen LogP contribution in [0.1, 0.15) is 45.4 Å². The van der Waals surface area contributed by atoms with Crippen molar-refractivity contribution in [3.8, 4) is 11.5 Å². The molecule has 1 aliphatic rings. The van der Waals surface area contributed by atoms with Gasteiger partial charge in [0.1, 0.15) is 11.4 Å². The van der Waals surface area contributed by atoms with Crippen molar-refractivity contribution in [2.75, 3.05) is 20.2 Å². The van der Waals surface area contributed by atoms with Gasteiger partial charge in [0, 0.05) is 25.3 Å². The van der Waals surface area contributed by atoms with E-state index in [1.165, 1.54) is 7.11 Å². The van der Waals surface area contributed by atoms with Crippen LogP contribution in [-0.4, -0.2) is 51.7 Å². The molecule has 0 N–H and O–H groups in total. The van der Waals surface area contributed by atoms with Crippen LogP contribution in [0.4, 0.5) is 0 Å². The highest BCUT2D eigenvalue weighted by Crippen LogP contribution is 2.30. The average Bonchev–Trinajstić information content (AvgIpc) is 3.59. The van der Waals surface area contributed by atoms with Gasteiger partial charge in [0.05, 0.1) is 30.0 Å². The van der Waals surface area contributed by atoms with E-state index in [2.05, 4.69) is 10.1 Å². The Kier molecular flexibility index (Phi) is 5.01. The Hall–Kier alpha value is -3.88. The topological polar surface area (TPSA) is 104 Å². The Morgan fingerprint density at radius 1 is 1.19 bits per heavy atom. The van der Waals surface area contributed by atoms with Crippen LogP contribution < -0.4 is 0 Å². The van der Waals surface area contributed by atoms with Crippen LogP contribution in [-0.2, 0) is 4.74 Å². The molecule has 0 saturated carbocycles. The number of furan rings is 1. The second-order valence-corrected chi connectivity index (χ2v) is 7.80. The van der Waals surface area contributed by atoms with Crippen molar-refractivity contribution in [1.82, 2.24) is 19.6 Å². The average molecular weight is 434 g/mol. The summed E-state index contributed by atoms with van der Waals surface area (Å²) < 4.78 is 17.6. The molecule has 1 aliphatic heterocycles. The number of aryl methyl sites for hydroxylation is 1. The lowest BCUT2D eigenvalue weighted by Crippen LogP contribution is -2.39. The first-order chi connectivity index (χ1) is 15.6. The molecule has 164 valence electrons. The predicted octanol–water partition coefficient (Wildman–Crippen LogP) is 3.86. The fourth-order valence-electron chi connectivity index (χ4n) is 4.32. The summed E-state index contributed by atoms with van der Waals surface area (Å²) in [4.78, 5) is 31.8. The molecular formula is C23H22N4O5. The van der Waals surface area contributed by atoms with Gasteiger partial charge in [-0.15, -0.1) is 0 Å². The smallest absolute Gasteiger partial charge is 0.354 e. The summed E-state index contributed by atoms with van der Waals surface area (Å²) in [6, 6.07) is 9.00. The van der Waals surface area contributed by atoms with Gasteiger partial charge in [-0.2, -0.15) is 0 Å². The number of esters is 1. The second-order valence-electron chi connectivity index (χ2n) is 7.80. The molecule has 1 fully saturated rings. The SMILES string of the molecule is COC(=O)c1cccn1C1CCN(C(=O)c2cc(-c3ccco3)nc3onc(C)c23)CC1. The molecule has 1 amide bonds. The molecule has 9 nitrogen and oxygen atoms in total. The van der Waals surface area contributed by atoms with Crippen LogP contribution in [0.5, 0.6) is 0 Å². The van der Waals surface area contributed by atoms with E-state index in [1.807, 2.05) is 21.7 Å². The first kappa shape index (κ1) is 20.0. The van der Waals surface area contributed by atoms with Crippen molar-refractivity contribution in [1.29, 1.82) is 0 Å². The van der Waals surface area contributed by atoms with E-state index in [9.17, 15) is 9.59 Å². The zero-order chi connectivity index (χ0) is 22.2. The number of fused-ring (bicyclic) bond motifs is 1. The van der Waals surface area contributed by atoms with Crippen molar-refractivity contribution in [2.45, 2.75) is 25.8 Å². The maximum atomic E-state index is 13.5. The van der Waals surface area contributed by atoms with Crippen LogP contribution in [0.3, 0.4) is 0 Å². The maximum Gasteiger partial charge on any atom is 0.354 e. The molecular weight excluding hydrogens is 412 g/mol. The van der Waals surface area contributed by atoms with Gasteiger partial charge in [-0.3, -0.25) is 4.79 Å². The highest BCUT2D eigenvalue weighted by molar-refractivity contribution is 6.06. The van der Waals surface area contributed by atoms with E-state index < -0.39 is 0 Å². The standard InChI is InChI=1S/C23H22N4O5/c1-14-20-16(13-17(19-6-4-12-31-19)24-21(20)32-25-14)22(28)26-10-7-15(8-11-26)27-9-3-5-18(27)23(29)30-2/h3-6,9,12-13,15H,7-8,10-11H2,1-2H3. The molecule has 0 aromatic carbocycles. The molecule has 0 radical (unpaired) electrons. The van der Waals surface area contributed by atoms with Gasteiger partial charge in [0.25, 0.3) is 11.6 Å². The number of carbonyl (C=O) groups excluding carboxylic acids is 2. The van der Waals surface area contributed by atoms with Gasteiger partial charge < -0.3 is 23.1 Å². The van der Waals surface area contributed by atoms with Gasteiger partial charge in [-0.1, -0.05) is 5.16 Å². The third-order valence-corrected chi connectivity index (χ3v) is 5.94. The number of pyridine rings is 1. The lowest BCUT2D eigenvalue weighted by molar-refractivity contribution is 0.0573. The Morgan fingerprint density at radius 2 is 2.00 bits per heavy atom. The summed E-state index contributed by atoms with van der Waals surface area (Å²) in [5.74, 6) is 0.0911. The quantitative estimate of drug-likeness (QED) is 0.449. The minimum Gasteiger partial charge on any atom is -0.464 e. The van der Waals surface area contributed by atoms with Crippen LogP contribution >= 0.6 is 0 Å². The normalized spacial score (nSPS) is 14.8. The number of methoxy groups -OCH3 is 1. The lowest BCUT2D eigenvalue weighted by Gasteiger charge is -2.33. The number of carbonyl (C=O) groups is 2. The summed E-state index contributed by atoms with van der Waals surface area (Å²) >= 11 is 0. The molecule has 0 atom stereocenters. The number of hydrogen-bond donors (Lipinski definition) is 0. The Labute approximate surface area is 183 Å². The largest absolute Gasteiger partial charge is 0.464 e. The first-order valence-electron chi connectivity index (χ1n) is 10.4. The molecule has 5 heterocycles. The predicted molar refractivity (Wildman–Crippen MR) is 114 cm³/mol. The van der Waals surface area contributed by atoms with Crippen LogP contribution in [0, 0.1) is 6.92 Å². The van der Waals surface area contributed by atoms with Crippen molar-refractivity contribution in [3.05, 3.63) is 59.7 Å². The zero-order valence-electron chi connectivity index (χ0n) is 17.8. The molecule has 0 unspecified atom stereocenters. The molecule has 5 rings (SSSR count). The Bertz CT molecular complexity index is 1280. The first-order valence-corrected chi connectivity index (χ1v) is 10.4. The van der Waals surface area contributed by atoms with Crippen molar-refractivity contribution in [2.24, 2.45) is 0 Å². The molecule has 1 saturated heterocycles. The van der Waals surface area contributed by atoms with E-state index in [4.69, 9.17) is 13.7 Å². The fraction of sp³-hybridized carbons (Fsp3) is 0.304. The molecule has 32 heavy (non-hydrogen) atoms. The number of aromatic nitrogens is 3. The van der Waals surface area contributed by atoms with E-state index in [1.54, 1.807) is 37.5 Å². The summed E-state index contributed by atoms with van der Waals surface area (Å²) in [5.41, 5.74) is 2.47. The van der Waals surface area contributed by atoms with Gasteiger partial charge in [0.15, 0.2) is 5.76 Å². The third kappa shape index (κ3) is 3.35. The van der Waals surface area contributed by atoms with Gasteiger partial charge in [0.2, 0.25) is 0 Å². The Morgan fingerprint density at radius 3 is 2.72 bits per heavy atom. The number of ether oxygens (including phenoxy) is 1. The van der Waals surface area contributed by atoms with Crippen LogP contribution in [0.15, 0.2) is 51.7 Å². The number of hydrogen-bond acceptors (Lipinski definition) is 7. The van der Waals surface area contributed by atoms with Crippen molar-refractivity contribution in [3.63, 3.8) is 0 Å². The molecule has 4 aromatic heterocycles. The molecule has 9 heteroatoms. The molecule has 0 spiro atoms. The second kappa shape index (κ2) is 7.99. The number of rotatable bonds is 4. The monoisotopic (exact) mass is 434 g/mol. The van der Waals surface area contributed by atoms with E-state index in [0.29, 0.717) is 52.6 Å². The molecule has 0 bridgehead atoms. The summed E-state index contributed by atoms with van der Waals surface area (Å²) in [5, 5.41) is 4.62. The van der Waals surface area contributed by atoms with E-state index >= 15 is 0 Å². The minimum absolute atomic E-state index is 0.101. The van der Waals surface area contributed by atoms with Gasteiger partial charge >= 0.3 is 5.97 Å². The van der Waals surface area contributed by atoms with E-state index in [0.717, 1.165) is 12.8 Å². The lowest BCUT2D eigenvalue weighted by atomic mass is 10.0. The van der Waals surface area contributed by atoms with Crippen molar-refractivity contribution >= 4 is 23.0 Å². The molecule has 4 aromatic rings. The highest BCUT2D eigenvalue weighted by Gasteiger charge is 2.29. The van der Waals surface area contributed by atoms with Gasteiger partial charge in [-0.25, -0.2) is 9.78 Å². The summed E-state index contributed by atoms with van der Waals surface area (Å²) in [6.45, 7) is 2.92. The van der Waals surface area contributed by atoms with Gasteiger partial charge in [-0.05, 0) is 50.1 Å². The number of piperidine rings is 1. The number of likely N-dealkylation sites (tertiary alicyclic amines) is 1. The number of nitrogens with zero attached hydrogens (tertiary/aromatic N) is 4. The fourth-order valence-corrected chi connectivity index (χ4v) is 4.32. The zero-order valence-corrected chi connectivity index (χ0v) is 17.8. The van der Waals surface area contributed by atoms with Crippen LogP contribution in [0.25, 0.3) is 22.6 Å². The minimum atomic E-state index is -0.360.